The Hall–Kier alpha value is -2.30. The number of alkyl carbamates (subject to hydrolysis) is 1. The molecule has 0 saturated carbocycles. The summed E-state index contributed by atoms with van der Waals surface area (Å²) in [6.07, 6.45) is 6.85. The Bertz CT molecular complexity index is 617. The number of hydrogen-bond donors (Lipinski definition) is 1. The van der Waals surface area contributed by atoms with Gasteiger partial charge in [-0.2, -0.15) is 0 Å². The fourth-order valence-electron chi connectivity index (χ4n) is 2.61. The highest BCUT2D eigenvalue weighted by molar-refractivity contribution is 5.83. The summed E-state index contributed by atoms with van der Waals surface area (Å²) in [6, 6.07) is 9.59. The maximum Gasteiger partial charge on any atom is 0.407 e. The largest absolute Gasteiger partial charge is 0.457 e. The summed E-state index contributed by atoms with van der Waals surface area (Å²) in [5, 5.41) is 2.77. The van der Waals surface area contributed by atoms with Crippen molar-refractivity contribution < 1.29 is 19.1 Å². The highest BCUT2D eigenvalue weighted by Crippen LogP contribution is 2.16. The molecular weight excluding hydrogens is 354 g/mol. The fraction of sp³-hybridized carbons (Fsp3) is 0.565. The van der Waals surface area contributed by atoms with Crippen LogP contribution in [0.25, 0.3) is 0 Å². The number of ether oxygens (including phenoxy) is 2. The molecule has 0 aliphatic heterocycles. The third-order valence-corrected chi connectivity index (χ3v) is 3.99. The van der Waals surface area contributed by atoms with Crippen LogP contribution in [0.1, 0.15) is 71.8 Å². The molecule has 0 fully saturated rings. The van der Waals surface area contributed by atoms with Gasteiger partial charge in [0.15, 0.2) is 0 Å². The van der Waals surface area contributed by atoms with Gasteiger partial charge in [-0.1, -0.05) is 49.2 Å². The Kier molecular flexibility index (Phi) is 11.0. The molecule has 1 rings (SSSR count). The summed E-state index contributed by atoms with van der Waals surface area (Å²) in [5.74, 6) is -0.277. The zero-order valence-corrected chi connectivity index (χ0v) is 17.8. The van der Waals surface area contributed by atoms with Gasteiger partial charge in [0.2, 0.25) is 0 Å². The van der Waals surface area contributed by atoms with E-state index in [2.05, 4.69) is 12.2 Å². The molecule has 1 N–H and O–H groups in total. The van der Waals surface area contributed by atoms with Gasteiger partial charge in [0.1, 0.15) is 12.2 Å². The number of amides is 1. The van der Waals surface area contributed by atoms with Gasteiger partial charge < -0.3 is 14.8 Å². The summed E-state index contributed by atoms with van der Waals surface area (Å²) in [5.41, 5.74) is 1.60. The third-order valence-electron chi connectivity index (χ3n) is 3.99. The Morgan fingerprint density at radius 2 is 1.71 bits per heavy atom. The molecule has 0 spiro atoms. The fourth-order valence-corrected chi connectivity index (χ4v) is 2.61. The number of allylic oxidation sites excluding steroid dienone is 1. The lowest BCUT2D eigenvalue weighted by Crippen LogP contribution is -2.25. The molecule has 5 nitrogen and oxygen atoms in total. The third kappa shape index (κ3) is 12.2. The van der Waals surface area contributed by atoms with E-state index in [9.17, 15) is 9.59 Å². The van der Waals surface area contributed by atoms with Crippen LogP contribution in [-0.2, 0) is 20.9 Å². The van der Waals surface area contributed by atoms with Crippen LogP contribution in [0.15, 0.2) is 42.0 Å². The van der Waals surface area contributed by atoms with Crippen molar-refractivity contribution in [1.82, 2.24) is 5.32 Å². The number of benzene rings is 1. The molecule has 0 unspecified atom stereocenters. The van der Waals surface area contributed by atoms with E-state index in [1.807, 2.05) is 51.1 Å². The van der Waals surface area contributed by atoms with Crippen LogP contribution in [0.4, 0.5) is 4.79 Å². The van der Waals surface area contributed by atoms with Crippen molar-refractivity contribution in [3.63, 3.8) is 0 Å². The van der Waals surface area contributed by atoms with Crippen molar-refractivity contribution in [1.29, 1.82) is 0 Å². The first-order valence-corrected chi connectivity index (χ1v) is 10.2. The van der Waals surface area contributed by atoms with Crippen LogP contribution >= 0.6 is 0 Å². The maximum atomic E-state index is 12.0. The van der Waals surface area contributed by atoms with E-state index in [4.69, 9.17) is 9.47 Å². The van der Waals surface area contributed by atoms with Crippen molar-refractivity contribution in [2.45, 2.75) is 78.4 Å². The first kappa shape index (κ1) is 23.7. The molecule has 0 aliphatic carbocycles. The molecule has 0 aliphatic rings. The summed E-state index contributed by atoms with van der Waals surface area (Å²) in [4.78, 5) is 23.8. The normalized spacial score (nSPS) is 11.8. The molecule has 0 bridgehead atoms. The van der Waals surface area contributed by atoms with E-state index in [-0.39, 0.29) is 12.6 Å². The number of hydrogen-bond acceptors (Lipinski definition) is 4. The monoisotopic (exact) mass is 389 g/mol. The Balaban J connectivity index is 2.29. The van der Waals surface area contributed by atoms with Gasteiger partial charge in [0, 0.05) is 12.6 Å². The van der Waals surface area contributed by atoms with Gasteiger partial charge in [0.05, 0.1) is 0 Å². The molecule has 0 saturated heterocycles. The van der Waals surface area contributed by atoms with Crippen molar-refractivity contribution in [2.75, 3.05) is 6.54 Å². The van der Waals surface area contributed by atoms with E-state index in [1.54, 1.807) is 6.08 Å². The van der Waals surface area contributed by atoms with Gasteiger partial charge >= 0.3 is 12.1 Å². The highest BCUT2D eigenvalue weighted by Gasteiger charge is 2.15. The van der Waals surface area contributed by atoms with Crippen LogP contribution in [0.2, 0.25) is 0 Å². The van der Waals surface area contributed by atoms with Crippen molar-refractivity contribution >= 4 is 12.1 Å². The molecule has 0 atom stereocenters. The predicted octanol–water partition coefficient (Wildman–Crippen LogP) is 5.54. The molecule has 0 radical (unpaired) electrons. The smallest absolute Gasteiger partial charge is 0.407 e. The minimum absolute atomic E-state index is 0.270. The molecule has 1 amide bonds. The lowest BCUT2D eigenvalue weighted by Gasteiger charge is -2.18. The number of nitrogens with one attached hydrogen (secondary N) is 1. The molecule has 0 aromatic heterocycles. The molecule has 0 heterocycles. The Labute approximate surface area is 169 Å². The molecule has 28 heavy (non-hydrogen) atoms. The number of esters is 1. The standard InChI is InChI=1S/C23H35NO4/c1-5-6-12-19(17-21(25)28-23(2,3)4)13-10-11-16-24-22(26)27-18-20-14-8-7-9-15-20/h7-9,14-15,17H,5-6,10-13,16,18H2,1-4H3,(H,24,26)/b19-17+. The molecule has 156 valence electrons. The quantitative estimate of drug-likeness (QED) is 0.306. The van der Waals surface area contributed by atoms with Crippen LogP contribution in [0.5, 0.6) is 0 Å². The number of unbranched alkanes of at least 4 members (excludes halogenated alkanes) is 2. The zero-order valence-electron chi connectivity index (χ0n) is 17.8. The summed E-state index contributed by atoms with van der Waals surface area (Å²) in [6.45, 7) is 8.57. The molecule has 1 aromatic carbocycles. The summed E-state index contributed by atoms with van der Waals surface area (Å²) >= 11 is 0. The zero-order chi connectivity index (χ0) is 20.8. The van der Waals surface area contributed by atoms with Crippen LogP contribution in [-0.4, -0.2) is 24.2 Å². The SMILES string of the molecule is CCCC/C(=C\C(=O)OC(C)(C)C)CCCCNC(=O)OCc1ccccc1. The van der Waals surface area contributed by atoms with E-state index < -0.39 is 11.7 Å². The van der Waals surface area contributed by atoms with Crippen LogP contribution in [0, 0.1) is 0 Å². The van der Waals surface area contributed by atoms with E-state index >= 15 is 0 Å². The first-order chi connectivity index (χ1) is 13.3. The minimum Gasteiger partial charge on any atom is -0.457 e. The van der Waals surface area contributed by atoms with Gasteiger partial charge in [-0.3, -0.25) is 0 Å². The molecule has 1 aromatic rings. The minimum atomic E-state index is -0.479. The van der Waals surface area contributed by atoms with Crippen molar-refractivity contribution in [3.8, 4) is 0 Å². The van der Waals surface area contributed by atoms with Gasteiger partial charge in [-0.15, -0.1) is 0 Å². The highest BCUT2D eigenvalue weighted by atomic mass is 16.6. The first-order valence-electron chi connectivity index (χ1n) is 10.2. The number of carbonyl (C=O) groups is 2. The van der Waals surface area contributed by atoms with Gasteiger partial charge in [-0.25, -0.2) is 9.59 Å². The van der Waals surface area contributed by atoms with Crippen LogP contribution in [0.3, 0.4) is 0 Å². The van der Waals surface area contributed by atoms with E-state index in [0.717, 1.165) is 49.7 Å². The topological polar surface area (TPSA) is 64.6 Å². The van der Waals surface area contributed by atoms with Crippen LogP contribution < -0.4 is 5.32 Å². The second kappa shape index (κ2) is 13.0. The lowest BCUT2D eigenvalue weighted by atomic mass is 10.0. The van der Waals surface area contributed by atoms with Gasteiger partial charge in [0.25, 0.3) is 0 Å². The summed E-state index contributed by atoms with van der Waals surface area (Å²) in [7, 11) is 0. The van der Waals surface area contributed by atoms with E-state index in [0.29, 0.717) is 6.54 Å². The lowest BCUT2D eigenvalue weighted by molar-refractivity contribution is -0.148. The molecule has 5 heteroatoms. The Morgan fingerprint density at radius 1 is 1.04 bits per heavy atom. The second-order valence-corrected chi connectivity index (χ2v) is 7.89. The van der Waals surface area contributed by atoms with Crippen molar-refractivity contribution in [3.05, 3.63) is 47.5 Å². The average Bonchev–Trinajstić information content (AvgIpc) is 2.63. The van der Waals surface area contributed by atoms with Gasteiger partial charge in [-0.05, 0) is 58.4 Å². The second-order valence-electron chi connectivity index (χ2n) is 7.89. The van der Waals surface area contributed by atoms with Crippen molar-refractivity contribution in [2.24, 2.45) is 0 Å². The Morgan fingerprint density at radius 3 is 2.36 bits per heavy atom. The van der Waals surface area contributed by atoms with E-state index in [1.165, 1.54) is 0 Å². The number of rotatable bonds is 11. The summed E-state index contributed by atoms with van der Waals surface area (Å²) < 4.78 is 10.6. The molecular formula is C23H35NO4. The predicted molar refractivity (Wildman–Crippen MR) is 112 cm³/mol. The maximum absolute atomic E-state index is 12.0. The number of carbonyl (C=O) groups excluding carboxylic acids is 2. The average molecular weight is 390 g/mol.